The molecule has 0 saturated heterocycles. The van der Waals surface area contributed by atoms with Crippen molar-refractivity contribution in [3.63, 3.8) is 0 Å². The molecule has 3 atom stereocenters. The minimum atomic E-state index is 1.04. The van der Waals surface area contributed by atoms with Crippen molar-refractivity contribution in [2.75, 3.05) is 13.1 Å². The summed E-state index contributed by atoms with van der Waals surface area (Å²) in [5.41, 5.74) is 0. The fourth-order valence-electron chi connectivity index (χ4n) is 4.73. The van der Waals surface area contributed by atoms with Crippen molar-refractivity contribution in [1.29, 1.82) is 0 Å². The van der Waals surface area contributed by atoms with Gasteiger partial charge in [0, 0.05) is 0 Å². The minimum Gasteiger partial charge on any atom is -0.316 e. The van der Waals surface area contributed by atoms with E-state index >= 15 is 0 Å². The van der Waals surface area contributed by atoms with Crippen LogP contribution in [0, 0.1) is 23.7 Å². The number of hydrogen-bond acceptors (Lipinski definition) is 1. The zero-order valence-electron chi connectivity index (χ0n) is 11.3. The molecular formula is C16H29N. The predicted molar refractivity (Wildman–Crippen MR) is 73.0 cm³/mol. The first-order valence-electron chi connectivity index (χ1n) is 8.12. The normalized spacial score (nSPS) is 37.1. The van der Waals surface area contributed by atoms with Crippen LogP contribution in [0.2, 0.25) is 0 Å². The highest BCUT2D eigenvalue weighted by molar-refractivity contribution is 4.90. The van der Waals surface area contributed by atoms with Gasteiger partial charge in [-0.15, -0.1) is 0 Å². The molecule has 0 aromatic heterocycles. The second kappa shape index (κ2) is 5.73. The highest BCUT2D eigenvalue weighted by Crippen LogP contribution is 2.47. The van der Waals surface area contributed by atoms with Crippen LogP contribution in [-0.2, 0) is 0 Å². The van der Waals surface area contributed by atoms with E-state index in [-0.39, 0.29) is 0 Å². The van der Waals surface area contributed by atoms with E-state index in [2.05, 4.69) is 5.32 Å². The fourth-order valence-corrected chi connectivity index (χ4v) is 4.73. The monoisotopic (exact) mass is 235 g/mol. The largest absolute Gasteiger partial charge is 0.316 e. The average Bonchev–Trinajstić information content (AvgIpc) is 3.05. The zero-order chi connectivity index (χ0) is 11.5. The number of rotatable bonds is 6. The van der Waals surface area contributed by atoms with Gasteiger partial charge in [-0.1, -0.05) is 32.1 Å². The Morgan fingerprint density at radius 1 is 0.941 bits per heavy atom. The van der Waals surface area contributed by atoms with Gasteiger partial charge >= 0.3 is 0 Å². The quantitative estimate of drug-likeness (QED) is 0.687. The van der Waals surface area contributed by atoms with Crippen molar-refractivity contribution in [2.24, 2.45) is 23.7 Å². The van der Waals surface area contributed by atoms with E-state index in [0.717, 1.165) is 23.7 Å². The minimum absolute atomic E-state index is 1.04. The fraction of sp³-hybridized carbons (Fsp3) is 1.00. The third-order valence-electron chi connectivity index (χ3n) is 5.73. The van der Waals surface area contributed by atoms with Crippen LogP contribution in [0.3, 0.4) is 0 Å². The lowest BCUT2D eigenvalue weighted by atomic mass is 9.89. The lowest BCUT2D eigenvalue weighted by Gasteiger charge is -2.22. The third-order valence-corrected chi connectivity index (χ3v) is 5.73. The molecule has 17 heavy (non-hydrogen) atoms. The molecule has 0 aliphatic heterocycles. The third kappa shape index (κ3) is 3.05. The molecule has 3 aliphatic carbocycles. The van der Waals surface area contributed by atoms with Crippen molar-refractivity contribution < 1.29 is 0 Å². The molecule has 0 aromatic carbocycles. The molecule has 0 radical (unpaired) electrons. The van der Waals surface area contributed by atoms with Gasteiger partial charge in [-0.3, -0.25) is 0 Å². The summed E-state index contributed by atoms with van der Waals surface area (Å²) < 4.78 is 0. The maximum atomic E-state index is 3.74. The molecule has 1 N–H and O–H groups in total. The molecule has 1 heteroatoms. The second-order valence-corrected chi connectivity index (χ2v) is 6.93. The van der Waals surface area contributed by atoms with Gasteiger partial charge in [-0.25, -0.2) is 0 Å². The van der Waals surface area contributed by atoms with Gasteiger partial charge in [0.1, 0.15) is 0 Å². The average molecular weight is 235 g/mol. The Kier molecular flexibility index (Phi) is 4.05. The van der Waals surface area contributed by atoms with Crippen molar-refractivity contribution in [3.8, 4) is 0 Å². The lowest BCUT2D eigenvalue weighted by molar-refractivity contribution is 0.317. The summed E-state index contributed by atoms with van der Waals surface area (Å²) in [6.45, 7) is 2.61. The molecule has 3 aliphatic rings. The maximum Gasteiger partial charge on any atom is -0.00178 e. The van der Waals surface area contributed by atoms with Gasteiger partial charge in [-0.05, 0) is 68.9 Å². The highest BCUT2D eigenvalue weighted by Gasteiger charge is 2.38. The van der Waals surface area contributed by atoms with Crippen molar-refractivity contribution >= 4 is 0 Å². The molecule has 98 valence electrons. The summed E-state index contributed by atoms with van der Waals surface area (Å²) >= 11 is 0. The summed E-state index contributed by atoms with van der Waals surface area (Å²) in [6.07, 6.45) is 15.1. The molecular weight excluding hydrogens is 206 g/mol. The molecule has 2 bridgehead atoms. The first-order valence-corrected chi connectivity index (χ1v) is 8.12. The second-order valence-electron chi connectivity index (χ2n) is 6.93. The molecule has 0 amide bonds. The SMILES string of the molecule is C1CCC(CCCNCC2CC3CCC2C3)C1. The number of hydrogen-bond donors (Lipinski definition) is 1. The maximum absolute atomic E-state index is 3.74. The van der Waals surface area contributed by atoms with E-state index < -0.39 is 0 Å². The van der Waals surface area contributed by atoms with Crippen molar-refractivity contribution in [1.82, 2.24) is 5.32 Å². The molecule has 0 spiro atoms. The summed E-state index contributed by atoms with van der Waals surface area (Å²) in [6, 6.07) is 0. The molecule has 0 heterocycles. The Morgan fingerprint density at radius 3 is 2.53 bits per heavy atom. The van der Waals surface area contributed by atoms with Gasteiger partial charge in [0.05, 0.1) is 0 Å². The van der Waals surface area contributed by atoms with E-state index in [9.17, 15) is 0 Å². The molecule has 3 unspecified atom stereocenters. The lowest BCUT2D eigenvalue weighted by Crippen LogP contribution is -2.27. The van der Waals surface area contributed by atoms with Crippen molar-refractivity contribution in [2.45, 2.75) is 64.2 Å². The van der Waals surface area contributed by atoms with Crippen LogP contribution in [0.4, 0.5) is 0 Å². The molecule has 3 saturated carbocycles. The van der Waals surface area contributed by atoms with Crippen LogP contribution in [-0.4, -0.2) is 13.1 Å². The summed E-state index contributed by atoms with van der Waals surface area (Å²) in [5.74, 6) is 4.34. The van der Waals surface area contributed by atoms with E-state index in [1.807, 2.05) is 0 Å². The van der Waals surface area contributed by atoms with Gasteiger partial charge in [0.25, 0.3) is 0 Å². The Labute approximate surface area is 107 Å². The van der Waals surface area contributed by atoms with Crippen LogP contribution in [0.15, 0.2) is 0 Å². The van der Waals surface area contributed by atoms with Gasteiger partial charge in [0.15, 0.2) is 0 Å². The van der Waals surface area contributed by atoms with Gasteiger partial charge < -0.3 is 5.32 Å². The Hall–Kier alpha value is -0.0400. The summed E-state index contributed by atoms with van der Waals surface area (Å²) in [4.78, 5) is 0. The Bertz CT molecular complexity index is 232. The highest BCUT2D eigenvalue weighted by atomic mass is 14.9. The standard InChI is InChI=1S/C16H29N/c1-2-5-13(4-1)6-3-9-17-12-16-11-14-7-8-15(16)10-14/h13-17H,1-12H2. The van der Waals surface area contributed by atoms with Gasteiger partial charge in [-0.2, -0.15) is 0 Å². The molecule has 3 rings (SSSR count). The van der Waals surface area contributed by atoms with E-state index in [1.165, 1.54) is 51.6 Å². The zero-order valence-corrected chi connectivity index (χ0v) is 11.3. The van der Waals surface area contributed by atoms with E-state index in [4.69, 9.17) is 0 Å². The summed E-state index contributed by atoms with van der Waals surface area (Å²) in [5, 5.41) is 3.74. The van der Waals surface area contributed by atoms with E-state index in [1.54, 1.807) is 25.7 Å². The van der Waals surface area contributed by atoms with Gasteiger partial charge in [0.2, 0.25) is 0 Å². The Balaban J connectivity index is 1.23. The molecule has 3 fully saturated rings. The molecule has 1 nitrogen and oxygen atoms in total. The van der Waals surface area contributed by atoms with Crippen LogP contribution in [0.5, 0.6) is 0 Å². The Morgan fingerprint density at radius 2 is 1.82 bits per heavy atom. The first-order chi connectivity index (χ1) is 8.42. The number of nitrogens with one attached hydrogen (secondary N) is 1. The predicted octanol–water partition coefficient (Wildman–Crippen LogP) is 3.98. The van der Waals surface area contributed by atoms with Crippen molar-refractivity contribution in [3.05, 3.63) is 0 Å². The number of fused-ring (bicyclic) bond motifs is 2. The van der Waals surface area contributed by atoms with Crippen LogP contribution < -0.4 is 5.32 Å². The van der Waals surface area contributed by atoms with Crippen LogP contribution in [0.1, 0.15) is 64.2 Å². The topological polar surface area (TPSA) is 12.0 Å². The van der Waals surface area contributed by atoms with Crippen LogP contribution in [0.25, 0.3) is 0 Å². The molecule has 0 aromatic rings. The first kappa shape index (κ1) is 12.0. The smallest absolute Gasteiger partial charge is 0.00178 e. The summed E-state index contributed by atoms with van der Waals surface area (Å²) in [7, 11) is 0. The van der Waals surface area contributed by atoms with Crippen LogP contribution >= 0.6 is 0 Å². The van der Waals surface area contributed by atoms with E-state index in [0.29, 0.717) is 0 Å².